The Morgan fingerprint density at radius 3 is 2.46 bits per heavy atom. The molecule has 2 radical (unpaired) electrons. The molecule has 2 amide bonds. The van der Waals surface area contributed by atoms with Gasteiger partial charge in [0.25, 0.3) is 5.91 Å². The first-order valence-electron chi connectivity index (χ1n) is 14.6. The molecule has 2 unspecified atom stereocenters. The summed E-state index contributed by atoms with van der Waals surface area (Å²) >= 11 is 0. The monoisotopic (exact) mass is 528 g/mol. The molecule has 3 N–H and O–H groups in total. The molecule has 5 rings (SSSR count). The summed E-state index contributed by atoms with van der Waals surface area (Å²) in [5, 5.41) is 3.52. The van der Waals surface area contributed by atoms with Crippen LogP contribution < -0.4 is 21.3 Å². The molecule has 3 fully saturated rings. The third-order valence-electron chi connectivity index (χ3n) is 8.92. The highest BCUT2D eigenvalue weighted by molar-refractivity contribution is 6.32. The number of nitrogens with one attached hydrogen (secondary N) is 1. The fourth-order valence-electron chi connectivity index (χ4n) is 6.59. The van der Waals surface area contributed by atoms with E-state index in [4.69, 9.17) is 18.3 Å². The van der Waals surface area contributed by atoms with Crippen LogP contribution in [0.5, 0.6) is 5.75 Å². The molecule has 2 heterocycles. The normalized spacial score (nSPS) is 24.7. The number of carbonyl (C=O) groups is 2. The minimum Gasteiger partial charge on any atom is -0.484 e. The first kappa shape index (κ1) is 27.7. The Morgan fingerprint density at radius 1 is 1.00 bits per heavy atom. The molecule has 206 valence electrons. The van der Waals surface area contributed by atoms with Crippen molar-refractivity contribution in [1.29, 1.82) is 0 Å². The van der Waals surface area contributed by atoms with Crippen molar-refractivity contribution in [3.05, 3.63) is 60.2 Å². The SMILES string of the molecule is [B]c1cccc(C2(CCC3CCCCC3)NC(N)N(CC3CCN(C(=O)COc4ccccc4)CC3)C2=O)c1. The second-order valence-corrected chi connectivity index (χ2v) is 11.5. The molecule has 1 saturated carbocycles. The van der Waals surface area contributed by atoms with Crippen LogP contribution in [0.25, 0.3) is 0 Å². The van der Waals surface area contributed by atoms with E-state index in [9.17, 15) is 9.59 Å². The van der Waals surface area contributed by atoms with Gasteiger partial charge in [0, 0.05) is 19.6 Å². The Hall–Kier alpha value is -2.84. The molecule has 2 aromatic carbocycles. The summed E-state index contributed by atoms with van der Waals surface area (Å²) in [6, 6.07) is 17.1. The summed E-state index contributed by atoms with van der Waals surface area (Å²) in [4.78, 5) is 30.5. The lowest BCUT2D eigenvalue weighted by atomic mass is 9.77. The molecule has 0 aromatic heterocycles. The molecular weight excluding hydrogens is 487 g/mol. The van der Waals surface area contributed by atoms with Crippen LogP contribution in [0.1, 0.15) is 63.4 Å². The second kappa shape index (κ2) is 12.6. The first-order valence-corrected chi connectivity index (χ1v) is 14.6. The van der Waals surface area contributed by atoms with Crippen LogP contribution in [0.15, 0.2) is 54.6 Å². The molecule has 0 spiro atoms. The lowest BCUT2D eigenvalue weighted by molar-refractivity contribution is -0.137. The molecule has 8 heteroatoms. The van der Waals surface area contributed by atoms with Gasteiger partial charge in [-0.2, -0.15) is 0 Å². The summed E-state index contributed by atoms with van der Waals surface area (Å²) in [6.45, 7) is 1.95. The van der Waals surface area contributed by atoms with Crippen molar-refractivity contribution in [1.82, 2.24) is 15.1 Å². The van der Waals surface area contributed by atoms with E-state index in [0.717, 1.165) is 31.2 Å². The standard InChI is InChI=1S/C31H41BN4O3/c32-26-11-7-10-25(20-26)31(17-14-23-8-3-1-4-9-23)29(38)36(30(33)34-31)21-24-15-18-35(19-16-24)28(37)22-39-27-12-5-2-6-13-27/h2,5-7,10-13,20,23-24,30,34H,1,3-4,8-9,14-19,21-22,33H2. The highest BCUT2D eigenvalue weighted by atomic mass is 16.5. The van der Waals surface area contributed by atoms with Crippen molar-refractivity contribution in [3.8, 4) is 5.75 Å². The zero-order valence-corrected chi connectivity index (χ0v) is 22.9. The molecule has 1 aliphatic carbocycles. The first-order chi connectivity index (χ1) is 18.9. The fraction of sp³-hybridized carbons (Fsp3) is 0.548. The van der Waals surface area contributed by atoms with E-state index in [1.165, 1.54) is 32.1 Å². The molecule has 2 atom stereocenters. The van der Waals surface area contributed by atoms with Crippen molar-refractivity contribution in [2.24, 2.45) is 17.6 Å². The van der Waals surface area contributed by atoms with Crippen LogP contribution in [0.2, 0.25) is 0 Å². The van der Waals surface area contributed by atoms with Crippen molar-refractivity contribution in [3.63, 3.8) is 0 Å². The smallest absolute Gasteiger partial charge is 0.260 e. The Bertz CT molecular complexity index is 1120. The highest BCUT2D eigenvalue weighted by Gasteiger charge is 2.51. The minimum absolute atomic E-state index is 0.00341. The lowest BCUT2D eigenvalue weighted by Crippen LogP contribution is -2.49. The summed E-state index contributed by atoms with van der Waals surface area (Å²) in [6.07, 6.45) is 9.20. The van der Waals surface area contributed by atoms with Crippen LogP contribution in [-0.2, 0) is 15.1 Å². The van der Waals surface area contributed by atoms with Crippen molar-refractivity contribution < 1.29 is 14.3 Å². The van der Waals surface area contributed by atoms with Crippen LogP contribution in [-0.4, -0.2) is 62.0 Å². The van der Waals surface area contributed by atoms with Gasteiger partial charge in [0.1, 0.15) is 25.4 Å². The predicted molar refractivity (Wildman–Crippen MR) is 153 cm³/mol. The maximum absolute atomic E-state index is 14.2. The third-order valence-corrected chi connectivity index (χ3v) is 8.92. The topological polar surface area (TPSA) is 87.9 Å². The number of rotatable bonds is 9. The van der Waals surface area contributed by atoms with E-state index >= 15 is 0 Å². The molecule has 3 aliphatic rings. The number of ether oxygens (including phenoxy) is 1. The lowest BCUT2D eigenvalue weighted by Gasteiger charge is -2.35. The number of piperidine rings is 1. The Kier molecular flexibility index (Phi) is 8.93. The Labute approximate surface area is 233 Å². The average Bonchev–Trinajstić information content (AvgIpc) is 3.21. The van der Waals surface area contributed by atoms with Crippen molar-refractivity contribution in [2.75, 3.05) is 26.2 Å². The van der Waals surface area contributed by atoms with Crippen LogP contribution >= 0.6 is 0 Å². The van der Waals surface area contributed by atoms with E-state index in [0.29, 0.717) is 36.8 Å². The summed E-state index contributed by atoms with van der Waals surface area (Å²) in [5.41, 5.74) is 7.30. The van der Waals surface area contributed by atoms with Gasteiger partial charge >= 0.3 is 0 Å². The van der Waals surface area contributed by atoms with E-state index < -0.39 is 11.8 Å². The Balaban J connectivity index is 1.20. The minimum atomic E-state index is -0.850. The average molecular weight is 529 g/mol. The zero-order valence-electron chi connectivity index (χ0n) is 22.9. The zero-order chi connectivity index (χ0) is 27.2. The van der Waals surface area contributed by atoms with Crippen molar-refractivity contribution >= 4 is 25.1 Å². The number of hydrogen-bond acceptors (Lipinski definition) is 5. The predicted octanol–water partition coefficient (Wildman–Crippen LogP) is 3.03. The third kappa shape index (κ3) is 6.50. The number of likely N-dealkylation sites (tertiary alicyclic amines) is 1. The van der Waals surface area contributed by atoms with Gasteiger partial charge in [-0.3, -0.25) is 20.6 Å². The quantitative estimate of drug-likeness (QED) is 0.489. The van der Waals surface area contributed by atoms with Crippen LogP contribution in [0.3, 0.4) is 0 Å². The van der Waals surface area contributed by atoms with Gasteiger partial charge < -0.3 is 14.5 Å². The Morgan fingerprint density at radius 2 is 1.74 bits per heavy atom. The molecule has 2 aliphatic heterocycles. The van der Waals surface area contributed by atoms with Gasteiger partial charge in [0.15, 0.2) is 6.61 Å². The molecular formula is C31H41BN4O3. The maximum Gasteiger partial charge on any atom is 0.260 e. The number of nitrogens with zero attached hydrogens (tertiary/aromatic N) is 2. The van der Waals surface area contributed by atoms with E-state index in [1.807, 2.05) is 64.4 Å². The molecule has 39 heavy (non-hydrogen) atoms. The molecule has 2 saturated heterocycles. The number of carbonyl (C=O) groups excluding carboxylic acids is 2. The largest absolute Gasteiger partial charge is 0.484 e. The van der Waals surface area contributed by atoms with E-state index in [2.05, 4.69) is 5.32 Å². The van der Waals surface area contributed by atoms with E-state index in [-0.39, 0.29) is 24.3 Å². The summed E-state index contributed by atoms with van der Waals surface area (Å²) in [5.74, 6) is 1.68. The number of amides is 2. The van der Waals surface area contributed by atoms with Gasteiger partial charge in [-0.05, 0) is 55.2 Å². The fourth-order valence-corrected chi connectivity index (χ4v) is 6.59. The summed E-state index contributed by atoms with van der Waals surface area (Å²) < 4.78 is 5.65. The number of nitrogens with two attached hydrogens (primary N) is 1. The van der Waals surface area contributed by atoms with Crippen LogP contribution in [0.4, 0.5) is 0 Å². The van der Waals surface area contributed by atoms with E-state index in [1.54, 1.807) is 0 Å². The van der Waals surface area contributed by atoms with Gasteiger partial charge in [-0.1, -0.05) is 80.0 Å². The van der Waals surface area contributed by atoms with Gasteiger partial charge in [0.2, 0.25) is 5.91 Å². The summed E-state index contributed by atoms with van der Waals surface area (Å²) in [7, 11) is 6.16. The number of para-hydroxylation sites is 1. The second-order valence-electron chi connectivity index (χ2n) is 11.5. The van der Waals surface area contributed by atoms with Crippen LogP contribution in [0, 0.1) is 11.8 Å². The molecule has 2 aromatic rings. The van der Waals surface area contributed by atoms with Crippen molar-refractivity contribution in [2.45, 2.75) is 69.6 Å². The molecule has 0 bridgehead atoms. The van der Waals surface area contributed by atoms with Gasteiger partial charge in [-0.25, -0.2) is 0 Å². The maximum atomic E-state index is 14.2. The molecule has 7 nitrogen and oxygen atoms in total. The van der Waals surface area contributed by atoms with Gasteiger partial charge in [-0.15, -0.1) is 0 Å². The number of benzene rings is 2. The number of hydrogen-bond donors (Lipinski definition) is 2. The highest BCUT2D eigenvalue weighted by Crippen LogP contribution is 2.38. The van der Waals surface area contributed by atoms with Gasteiger partial charge in [0.05, 0.1) is 0 Å².